The smallest absolute Gasteiger partial charge is 0.408 e. The molecule has 0 radical (unpaired) electrons. The molecule has 0 bridgehead atoms. The minimum absolute atomic E-state index is 0.0515. The molecule has 34 heavy (non-hydrogen) atoms. The first-order valence-corrected chi connectivity index (χ1v) is 11.1. The number of carboxylic acids is 1. The van der Waals surface area contributed by atoms with Gasteiger partial charge < -0.3 is 30.3 Å². The van der Waals surface area contributed by atoms with E-state index >= 15 is 0 Å². The number of ether oxygens (including phenoxy) is 2. The van der Waals surface area contributed by atoms with Crippen molar-refractivity contribution in [2.45, 2.75) is 36.8 Å². The number of amides is 2. The Morgan fingerprint density at radius 2 is 1.74 bits per heavy atom. The average molecular weight is 469 g/mol. The molecule has 1 saturated heterocycles. The second-order valence-electron chi connectivity index (χ2n) is 9.09. The SMILES string of the molecule is CC(O)(CNC(=O)C1(NC(=O)OCC2c3ccccc3-c3ccccc32)CCOC1)CC(=O)O. The van der Waals surface area contributed by atoms with E-state index in [-0.39, 0.29) is 38.7 Å². The average Bonchev–Trinajstić information content (AvgIpc) is 3.39. The quantitative estimate of drug-likeness (QED) is 0.466. The predicted molar refractivity (Wildman–Crippen MR) is 122 cm³/mol. The molecular weight excluding hydrogens is 440 g/mol. The molecular formula is C25H28N2O7. The fourth-order valence-corrected chi connectivity index (χ4v) is 4.56. The first kappa shape index (κ1) is 23.7. The molecule has 4 N–H and O–H groups in total. The molecule has 1 aliphatic carbocycles. The number of hydrogen-bond acceptors (Lipinski definition) is 6. The maximum atomic E-state index is 12.9. The van der Waals surface area contributed by atoms with Gasteiger partial charge in [-0.2, -0.15) is 0 Å². The van der Waals surface area contributed by atoms with Gasteiger partial charge in [-0.3, -0.25) is 9.59 Å². The van der Waals surface area contributed by atoms with E-state index in [2.05, 4.69) is 10.6 Å². The van der Waals surface area contributed by atoms with Crippen molar-refractivity contribution in [1.82, 2.24) is 10.6 Å². The van der Waals surface area contributed by atoms with Crippen LogP contribution in [0.4, 0.5) is 4.79 Å². The van der Waals surface area contributed by atoms with E-state index in [9.17, 15) is 19.5 Å². The third kappa shape index (κ3) is 4.90. The molecule has 4 rings (SSSR count). The Labute approximate surface area is 197 Å². The van der Waals surface area contributed by atoms with Crippen LogP contribution in [0.1, 0.15) is 36.8 Å². The number of carbonyl (C=O) groups excluding carboxylic acids is 2. The van der Waals surface area contributed by atoms with Crippen molar-refractivity contribution in [3.63, 3.8) is 0 Å². The van der Waals surface area contributed by atoms with Crippen LogP contribution in [0.5, 0.6) is 0 Å². The Morgan fingerprint density at radius 1 is 1.12 bits per heavy atom. The van der Waals surface area contributed by atoms with Gasteiger partial charge in [0.25, 0.3) is 0 Å². The number of rotatable bonds is 8. The van der Waals surface area contributed by atoms with Crippen molar-refractivity contribution in [2.24, 2.45) is 0 Å². The summed E-state index contributed by atoms with van der Waals surface area (Å²) in [5.74, 6) is -1.87. The summed E-state index contributed by atoms with van der Waals surface area (Å²) in [5.41, 5.74) is 1.39. The molecule has 0 saturated carbocycles. The van der Waals surface area contributed by atoms with Crippen molar-refractivity contribution in [2.75, 3.05) is 26.4 Å². The molecule has 2 amide bonds. The van der Waals surface area contributed by atoms with Crippen LogP contribution in [0.2, 0.25) is 0 Å². The van der Waals surface area contributed by atoms with Crippen LogP contribution in [-0.4, -0.2) is 65.7 Å². The highest BCUT2D eigenvalue weighted by molar-refractivity contribution is 5.90. The summed E-state index contributed by atoms with van der Waals surface area (Å²) in [6.45, 7) is 1.35. The zero-order valence-electron chi connectivity index (χ0n) is 18.9. The number of carboxylic acid groups (broad SMARTS) is 1. The molecule has 2 aromatic carbocycles. The lowest BCUT2D eigenvalue weighted by Crippen LogP contribution is -2.61. The summed E-state index contributed by atoms with van der Waals surface area (Å²) in [6.07, 6.45) is -1.06. The fourth-order valence-electron chi connectivity index (χ4n) is 4.56. The Kier molecular flexibility index (Phi) is 6.58. The van der Waals surface area contributed by atoms with Crippen LogP contribution in [0.25, 0.3) is 11.1 Å². The topological polar surface area (TPSA) is 134 Å². The first-order valence-electron chi connectivity index (χ1n) is 11.1. The highest BCUT2D eigenvalue weighted by Gasteiger charge is 2.45. The zero-order valence-corrected chi connectivity index (χ0v) is 18.9. The molecule has 2 aliphatic rings. The number of aliphatic hydroxyl groups is 1. The Hall–Kier alpha value is -3.43. The van der Waals surface area contributed by atoms with Crippen molar-refractivity contribution < 1.29 is 34.1 Å². The maximum Gasteiger partial charge on any atom is 0.408 e. The standard InChI is InChI=1S/C25H28N2O7/c1-24(32,12-21(28)29)14-26-22(30)25(10-11-33-15-25)27-23(31)34-13-20-18-8-4-2-6-16(18)17-7-3-5-9-19(17)20/h2-9,20,32H,10-15H2,1H3,(H,26,30)(H,27,31)(H,28,29). The summed E-state index contributed by atoms with van der Waals surface area (Å²) in [7, 11) is 0. The Bertz CT molecular complexity index is 1050. The molecule has 1 heterocycles. The van der Waals surface area contributed by atoms with Gasteiger partial charge >= 0.3 is 12.1 Å². The van der Waals surface area contributed by atoms with Crippen LogP contribution in [-0.2, 0) is 19.1 Å². The Morgan fingerprint density at radius 3 is 2.29 bits per heavy atom. The second-order valence-corrected chi connectivity index (χ2v) is 9.09. The third-order valence-corrected chi connectivity index (χ3v) is 6.30. The first-order chi connectivity index (χ1) is 16.2. The van der Waals surface area contributed by atoms with Crippen molar-refractivity contribution in [1.29, 1.82) is 0 Å². The van der Waals surface area contributed by atoms with Gasteiger partial charge in [0.05, 0.1) is 18.6 Å². The van der Waals surface area contributed by atoms with Gasteiger partial charge in [0.1, 0.15) is 12.1 Å². The second kappa shape index (κ2) is 9.44. The molecule has 2 atom stereocenters. The monoisotopic (exact) mass is 468 g/mol. The lowest BCUT2D eigenvalue weighted by atomic mass is 9.96. The number of alkyl carbamates (subject to hydrolysis) is 1. The van der Waals surface area contributed by atoms with Crippen molar-refractivity contribution in [3.8, 4) is 11.1 Å². The van der Waals surface area contributed by atoms with Crippen LogP contribution in [0.15, 0.2) is 48.5 Å². The van der Waals surface area contributed by atoms with E-state index in [1.807, 2.05) is 48.5 Å². The summed E-state index contributed by atoms with van der Waals surface area (Å²) in [5, 5.41) is 24.3. The van der Waals surface area contributed by atoms with Gasteiger partial charge in [0.15, 0.2) is 0 Å². The summed E-state index contributed by atoms with van der Waals surface area (Å²) >= 11 is 0. The van der Waals surface area contributed by atoms with E-state index in [1.54, 1.807) is 0 Å². The molecule has 9 heteroatoms. The van der Waals surface area contributed by atoms with Crippen molar-refractivity contribution >= 4 is 18.0 Å². The zero-order chi connectivity index (χ0) is 24.3. The van der Waals surface area contributed by atoms with Gasteiger partial charge in [-0.1, -0.05) is 48.5 Å². The molecule has 0 aromatic heterocycles. The van der Waals surface area contributed by atoms with Gasteiger partial charge in [-0.15, -0.1) is 0 Å². The predicted octanol–water partition coefficient (Wildman–Crippen LogP) is 2.03. The van der Waals surface area contributed by atoms with Gasteiger partial charge in [0.2, 0.25) is 5.91 Å². The van der Waals surface area contributed by atoms with Crippen LogP contribution < -0.4 is 10.6 Å². The normalized spacial score (nSPS) is 20.6. The van der Waals surface area contributed by atoms with E-state index in [1.165, 1.54) is 6.92 Å². The van der Waals surface area contributed by atoms with Gasteiger partial charge in [-0.05, 0) is 29.2 Å². The van der Waals surface area contributed by atoms with Crippen LogP contribution >= 0.6 is 0 Å². The number of fused-ring (bicyclic) bond motifs is 3. The molecule has 1 fully saturated rings. The summed E-state index contributed by atoms with van der Waals surface area (Å²) in [6, 6.07) is 16.0. The van der Waals surface area contributed by atoms with E-state index in [0.29, 0.717) is 0 Å². The van der Waals surface area contributed by atoms with Crippen LogP contribution in [0.3, 0.4) is 0 Å². The Balaban J connectivity index is 1.40. The minimum Gasteiger partial charge on any atom is -0.481 e. The lowest BCUT2D eigenvalue weighted by Gasteiger charge is -2.29. The van der Waals surface area contributed by atoms with Gasteiger partial charge in [0, 0.05) is 25.5 Å². The van der Waals surface area contributed by atoms with Gasteiger partial charge in [-0.25, -0.2) is 4.79 Å². The minimum atomic E-state index is -1.63. The summed E-state index contributed by atoms with van der Waals surface area (Å²) in [4.78, 5) is 36.5. The van der Waals surface area contributed by atoms with E-state index in [4.69, 9.17) is 14.6 Å². The summed E-state index contributed by atoms with van der Waals surface area (Å²) < 4.78 is 10.9. The fraction of sp³-hybridized carbons (Fsp3) is 0.400. The van der Waals surface area contributed by atoms with Crippen LogP contribution in [0, 0.1) is 0 Å². The lowest BCUT2D eigenvalue weighted by molar-refractivity contribution is -0.142. The molecule has 2 aromatic rings. The number of aliphatic carboxylic acids is 1. The van der Waals surface area contributed by atoms with E-state index < -0.39 is 35.5 Å². The molecule has 2 unspecified atom stereocenters. The molecule has 180 valence electrons. The third-order valence-electron chi connectivity index (χ3n) is 6.30. The largest absolute Gasteiger partial charge is 0.481 e. The number of benzene rings is 2. The molecule has 1 aliphatic heterocycles. The molecule has 9 nitrogen and oxygen atoms in total. The highest BCUT2D eigenvalue weighted by Crippen LogP contribution is 2.44. The number of carbonyl (C=O) groups is 3. The number of hydrogen-bond donors (Lipinski definition) is 4. The molecule has 0 spiro atoms. The number of nitrogens with one attached hydrogen (secondary N) is 2. The maximum absolute atomic E-state index is 12.9. The van der Waals surface area contributed by atoms with Crippen molar-refractivity contribution in [3.05, 3.63) is 59.7 Å². The van der Waals surface area contributed by atoms with E-state index in [0.717, 1.165) is 22.3 Å². The highest BCUT2D eigenvalue weighted by atomic mass is 16.6.